The molecule has 24 heavy (non-hydrogen) atoms. The van der Waals surface area contributed by atoms with Gasteiger partial charge in [0.1, 0.15) is 6.04 Å². The number of nitriles is 1. The van der Waals surface area contributed by atoms with Gasteiger partial charge in [-0.05, 0) is 30.7 Å². The van der Waals surface area contributed by atoms with Crippen LogP contribution < -0.4 is 10.6 Å². The normalized spacial score (nSPS) is 11.2. The first kappa shape index (κ1) is 17.0. The molecular formula is C17H16N4O3. The first-order chi connectivity index (χ1) is 11.5. The first-order valence-electron chi connectivity index (χ1n) is 7.27. The third-order valence-electron chi connectivity index (χ3n) is 3.34. The smallest absolute Gasteiger partial charge is 0.271 e. The molecule has 0 aliphatic rings. The average Bonchev–Trinajstić information content (AvgIpc) is 2.57. The van der Waals surface area contributed by atoms with Gasteiger partial charge in [-0.15, -0.1) is 0 Å². The number of non-ortho nitro benzene ring substituents is 1. The number of rotatable bonds is 6. The molecule has 0 bridgehead atoms. The molecule has 0 saturated carbocycles. The van der Waals surface area contributed by atoms with Crippen LogP contribution in [-0.2, 0) is 11.2 Å². The number of hydrogen-bond acceptors (Lipinski definition) is 5. The number of anilines is 2. The molecule has 2 N–H and O–H groups in total. The highest BCUT2D eigenvalue weighted by Gasteiger charge is 2.14. The van der Waals surface area contributed by atoms with E-state index in [1.165, 1.54) is 18.2 Å². The lowest BCUT2D eigenvalue weighted by Gasteiger charge is -2.15. The van der Waals surface area contributed by atoms with E-state index in [0.717, 1.165) is 11.3 Å². The molecule has 0 saturated heterocycles. The number of carbonyl (C=O) groups is 1. The molecule has 0 aromatic heterocycles. The summed E-state index contributed by atoms with van der Waals surface area (Å²) < 4.78 is 0. The van der Waals surface area contributed by atoms with Crippen molar-refractivity contribution in [2.24, 2.45) is 0 Å². The SMILES string of the molecule is CC(Nc1ccc(CC#N)cc1)C(=O)Nc1cccc([N+](=O)[O-])c1. The molecule has 0 radical (unpaired) electrons. The highest BCUT2D eigenvalue weighted by Crippen LogP contribution is 2.18. The molecule has 1 unspecified atom stereocenters. The lowest BCUT2D eigenvalue weighted by molar-refractivity contribution is -0.384. The van der Waals surface area contributed by atoms with Gasteiger partial charge in [-0.1, -0.05) is 18.2 Å². The van der Waals surface area contributed by atoms with Gasteiger partial charge in [0, 0.05) is 23.5 Å². The van der Waals surface area contributed by atoms with Gasteiger partial charge < -0.3 is 10.6 Å². The maximum absolute atomic E-state index is 12.2. The number of hydrogen-bond donors (Lipinski definition) is 2. The van der Waals surface area contributed by atoms with E-state index in [0.29, 0.717) is 12.1 Å². The summed E-state index contributed by atoms with van der Waals surface area (Å²) in [6.07, 6.45) is 0.336. The summed E-state index contributed by atoms with van der Waals surface area (Å²) in [5.41, 5.74) is 1.93. The molecule has 0 heterocycles. The van der Waals surface area contributed by atoms with Gasteiger partial charge in [0.2, 0.25) is 5.91 Å². The van der Waals surface area contributed by atoms with E-state index in [-0.39, 0.29) is 11.6 Å². The Kier molecular flexibility index (Phi) is 5.47. The van der Waals surface area contributed by atoms with Crippen LogP contribution in [0.4, 0.5) is 17.1 Å². The highest BCUT2D eigenvalue weighted by molar-refractivity contribution is 5.96. The number of benzene rings is 2. The summed E-state index contributed by atoms with van der Waals surface area (Å²) in [5.74, 6) is -0.309. The quantitative estimate of drug-likeness (QED) is 0.627. The van der Waals surface area contributed by atoms with Crippen molar-refractivity contribution in [2.75, 3.05) is 10.6 Å². The fourth-order valence-electron chi connectivity index (χ4n) is 2.07. The third-order valence-corrected chi connectivity index (χ3v) is 3.34. The van der Waals surface area contributed by atoms with E-state index in [4.69, 9.17) is 5.26 Å². The van der Waals surface area contributed by atoms with Gasteiger partial charge in [-0.3, -0.25) is 14.9 Å². The monoisotopic (exact) mass is 324 g/mol. The predicted octanol–water partition coefficient (Wildman–Crippen LogP) is 3.10. The third kappa shape index (κ3) is 4.55. The fraction of sp³-hybridized carbons (Fsp3) is 0.176. The lowest BCUT2D eigenvalue weighted by atomic mass is 10.1. The molecule has 0 aliphatic heterocycles. The Bertz CT molecular complexity index is 781. The van der Waals surface area contributed by atoms with Gasteiger partial charge in [0.25, 0.3) is 5.69 Å². The van der Waals surface area contributed by atoms with Crippen molar-refractivity contribution >= 4 is 23.0 Å². The zero-order valence-corrected chi connectivity index (χ0v) is 13.0. The molecule has 0 spiro atoms. The molecular weight excluding hydrogens is 308 g/mol. The van der Waals surface area contributed by atoms with Gasteiger partial charge >= 0.3 is 0 Å². The Balaban J connectivity index is 1.98. The zero-order valence-electron chi connectivity index (χ0n) is 13.0. The second-order valence-electron chi connectivity index (χ2n) is 5.19. The Hall–Kier alpha value is -3.40. The van der Waals surface area contributed by atoms with E-state index in [9.17, 15) is 14.9 Å². The van der Waals surface area contributed by atoms with Crippen molar-refractivity contribution in [3.63, 3.8) is 0 Å². The van der Waals surface area contributed by atoms with E-state index >= 15 is 0 Å². The van der Waals surface area contributed by atoms with Crippen LogP contribution in [0.25, 0.3) is 0 Å². The van der Waals surface area contributed by atoms with Gasteiger partial charge in [-0.25, -0.2) is 0 Å². The van der Waals surface area contributed by atoms with Crippen molar-refractivity contribution in [3.8, 4) is 6.07 Å². The van der Waals surface area contributed by atoms with Crippen molar-refractivity contribution in [3.05, 3.63) is 64.2 Å². The minimum atomic E-state index is -0.536. The van der Waals surface area contributed by atoms with Crippen molar-refractivity contribution in [2.45, 2.75) is 19.4 Å². The predicted molar refractivity (Wildman–Crippen MR) is 90.6 cm³/mol. The second kappa shape index (κ2) is 7.74. The van der Waals surface area contributed by atoms with Crippen LogP contribution in [0.2, 0.25) is 0 Å². The Labute approximate surface area is 139 Å². The van der Waals surface area contributed by atoms with Crippen molar-refractivity contribution in [1.82, 2.24) is 0 Å². The lowest BCUT2D eigenvalue weighted by Crippen LogP contribution is -2.31. The standard InChI is InChI=1S/C17H16N4O3/c1-12(19-14-7-5-13(6-8-14)9-10-18)17(22)20-15-3-2-4-16(11-15)21(23)24/h2-8,11-12,19H,9H2,1H3,(H,20,22). The molecule has 1 atom stereocenters. The maximum atomic E-state index is 12.2. The average molecular weight is 324 g/mol. The van der Waals surface area contributed by atoms with E-state index in [1.54, 1.807) is 25.1 Å². The van der Waals surface area contributed by atoms with Crippen LogP contribution in [0.15, 0.2) is 48.5 Å². The minimum absolute atomic E-state index is 0.0820. The summed E-state index contributed by atoms with van der Waals surface area (Å²) >= 11 is 0. The molecule has 2 aromatic rings. The first-order valence-corrected chi connectivity index (χ1v) is 7.27. The molecule has 122 valence electrons. The molecule has 1 amide bonds. The van der Waals surface area contributed by atoms with Crippen molar-refractivity contribution < 1.29 is 9.72 Å². The fourth-order valence-corrected chi connectivity index (χ4v) is 2.07. The van der Waals surface area contributed by atoms with Crippen LogP contribution in [-0.4, -0.2) is 16.9 Å². The number of nitrogens with zero attached hydrogens (tertiary/aromatic N) is 2. The van der Waals surface area contributed by atoms with E-state index in [1.807, 2.05) is 12.1 Å². The summed E-state index contributed by atoms with van der Waals surface area (Å²) in [7, 11) is 0. The molecule has 0 fully saturated rings. The number of nitro groups is 1. The topological polar surface area (TPSA) is 108 Å². The van der Waals surface area contributed by atoms with Gasteiger partial charge in [0.05, 0.1) is 17.4 Å². The summed E-state index contributed by atoms with van der Waals surface area (Å²) in [6, 6.07) is 14.5. The summed E-state index contributed by atoms with van der Waals surface area (Å²) in [6.45, 7) is 1.69. The maximum Gasteiger partial charge on any atom is 0.271 e. The Morgan fingerprint density at radius 2 is 1.96 bits per heavy atom. The zero-order chi connectivity index (χ0) is 17.5. The van der Waals surface area contributed by atoms with Crippen LogP contribution in [0.1, 0.15) is 12.5 Å². The molecule has 2 aromatic carbocycles. The Morgan fingerprint density at radius 3 is 2.58 bits per heavy atom. The second-order valence-corrected chi connectivity index (χ2v) is 5.19. The summed E-state index contributed by atoms with van der Waals surface area (Å²) in [4.78, 5) is 22.4. The van der Waals surface area contributed by atoms with Crippen LogP contribution >= 0.6 is 0 Å². The molecule has 0 aliphatic carbocycles. The number of nitrogens with one attached hydrogen (secondary N) is 2. The number of nitro benzene ring substituents is 1. The minimum Gasteiger partial charge on any atom is -0.374 e. The van der Waals surface area contributed by atoms with Crippen LogP contribution in [0.5, 0.6) is 0 Å². The van der Waals surface area contributed by atoms with Crippen LogP contribution in [0.3, 0.4) is 0 Å². The van der Waals surface area contributed by atoms with Crippen molar-refractivity contribution in [1.29, 1.82) is 5.26 Å². The molecule has 7 nitrogen and oxygen atoms in total. The summed E-state index contributed by atoms with van der Waals surface area (Å²) in [5, 5.41) is 25.1. The van der Waals surface area contributed by atoms with E-state index in [2.05, 4.69) is 16.7 Å². The molecule has 7 heteroatoms. The largest absolute Gasteiger partial charge is 0.374 e. The number of amides is 1. The Morgan fingerprint density at radius 1 is 1.25 bits per heavy atom. The molecule has 2 rings (SSSR count). The van der Waals surface area contributed by atoms with Crippen LogP contribution in [0, 0.1) is 21.4 Å². The van der Waals surface area contributed by atoms with E-state index < -0.39 is 11.0 Å². The highest BCUT2D eigenvalue weighted by atomic mass is 16.6. The number of carbonyl (C=O) groups excluding carboxylic acids is 1. The van der Waals surface area contributed by atoms with Gasteiger partial charge in [0.15, 0.2) is 0 Å². The van der Waals surface area contributed by atoms with Gasteiger partial charge in [-0.2, -0.15) is 5.26 Å².